The molecule has 0 aliphatic rings. The van der Waals surface area contributed by atoms with E-state index in [1.807, 2.05) is 32.0 Å². The molecular weight excluding hydrogens is 364 g/mol. The van der Waals surface area contributed by atoms with Gasteiger partial charge >= 0.3 is 0 Å². The summed E-state index contributed by atoms with van der Waals surface area (Å²) in [7, 11) is -2.35. The van der Waals surface area contributed by atoms with Gasteiger partial charge in [-0.3, -0.25) is 4.79 Å². The van der Waals surface area contributed by atoms with Crippen LogP contribution in [0.3, 0.4) is 0 Å². The third-order valence-corrected chi connectivity index (χ3v) is 6.67. The predicted molar refractivity (Wildman–Crippen MR) is 107 cm³/mol. The van der Waals surface area contributed by atoms with Crippen LogP contribution in [-0.4, -0.2) is 38.8 Å². The third-order valence-electron chi connectivity index (χ3n) is 4.60. The Balaban J connectivity index is 2.45. The zero-order valence-electron chi connectivity index (χ0n) is 16.4. The second kappa shape index (κ2) is 8.54. The average molecular weight is 391 g/mol. The number of hydrogen-bond acceptors (Lipinski definition) is 4. The molecule has 0 atom stereocenters. The number of sulfonamides is 1. The summed E-state index contributed by atoms with van der Waals surface area (Å²) < 4.78 is 32.4. The minimum absolute atomic E-state index is 0.0117. The number of anilines is 1. The van der Waals surface area contributed by atoms with E-state index in [0.717, 1.165) is 11.1 Å². The Morgan fingerprint density at radius 3 is 2.37 bits per heavy atom. The van der Waals surface area contributed by atoms with E-state index < -0.39 is 10.0 Å². The van der Waals surface area contributed by atoms with Gasteiger partial charge in [-0.2, -0.15) is 4.31 Å². The van der Waals surface area contributed by atoms with Crippen LogP contribution < -0.4 is 10.1 Å². The first-order valence-electron chi connectivity index (χ1n) is 8.82. The second-order valence-corrected chi connectivity index (χ2v) is 8.06. The Morgan fingerprint density at radius 1 is 1.11 bits per heavy atom. The molecule has 0 aliphatic heterocycles. The lowest BCUT2D eigenvalue weighted by Gasteiger charge is -2.20. The van der Waals surface area contributed by atoms with Crippen molar-refractivity contribution in [1.82, 2.24) is 4.31 Å². The molecule has 0 fully saturated rings. The molecule has 146 valence electrons. The largest absolute Gasteiger partial charge is 0.495 e. The van der Waals surface area contributed by atoms with Gasteiger partial charge in [0.05, 0.1) is 7.11 Å². The molecule has 0 spiro atoms. The van der Waals surface area contributed by atoms with Crippen LogP contribution in [0.2, 0.25) is 0 Å². The van der Waals surface area contributed by atoms with Gasteiger partial charge in [0.15, 0.2) is 0 Å². The van der Waals surface area contributed by atoms with E-state index in [2.05, 4.69) is 5.32 Å². The van der Waals surface area contributed by atoms with Crippen molar-refractivity contribution in [3.05, 3.63) is 53.1 Å². The van der Waals surface area contributed by atoms with E-state index in [-0.39, 0.29) is 22.1 Å². The molecule has 0 aliphatic carbocycles. The molecular formula is C20H26N2O4S. The summed E-state index contributed by atoms with van der Waals surface area (Å²) in [5, 5.41) is 2.85. The number of carbonyl (C=O) groups excluding carboxylic acids is 1. The van der Waals surface area contributed by atoms with E-state index in [9.17, 15) is 13.2 Å². The van der Waals surface area contributed by atoms with Crippen molar-refractivity contribution in [2.24, 2.45) is 0 Å². The number of nitrogens with zero attached hydrogens (tertiary/aromatic N) is 1. The third kappa shape index (κ3) is 4.31. The number of ether oxygens (including phenoxy) is 1. The van der Waals surface area contributed by atoms with Gasteiger partial charge in [0, 0.05) is 24.3 Å². The molecule has 0 saturated carbocycles. The topological polar surface area (TPSA) is 75.7 Å². The molecule has 1 N–H and O–H groups in total. The normalized spacial score (nSPS) is 11.5. The molecule has 0 aromatic heterocycles. The Bertz CT molecular complexity index is 935. The fraction of sp³-hybridized carbons (Fsp3) is 0.350. The van der Waals surface area contributed by atoms with Crippen LogP contribution in [0.25, 0.3) is 0 Å². The lowest BCUT2D eigenvalue weighted by atomic mass is 10.1. The molecule has 1 amide bonds. The van der Waals surface area contributed by atoms with E-state index >= 15 is 0 Å². The van der Waals surface area contributed by atoms with Gasteiger partial charge in [-0.25, -0.2) is 8.42 Å². The summed E-state index contributed by atoms with van der Waals surface area (Å²) in [5.41, 5.74) is 2.98. The highest BCUT2D eigenvalue weighted by Crippen LogP contribution is 2.28. The van der Waals surface area contributed by atoms with E-state index in [4.69, 9.17) is 4.74 Å². The number of aryl methyl sites for hydroxylation is 1. The fourth-order valence-electron chi connectivity index (χ4n) is 2.80. The highest BCUT2D eigenvalue weighted by molar-refractivity contribution is 7.89. The van der Waals surface area contributed by atoms with Crippen molar-refractivity contribution in [3.8, 4) is 5.75 Å². The molecule has 0 unspecified atom stereocenters. The molecule has 7 heteroatoms. The molecule has 2 rings (SSSR count). The molecule has 0 bridgehead atoms. The molecule has 0 radical (unpaired) electrons. The zero-order valence-corrected chi connectivity index (χ0v) is 17.2. The molecule has 6 nitrogen and oxygen atoms in total. The van der Waals surface area contributed by atoms with Crippen LogP contribution in [0.5, 0.6) is 5.75 Å². The Hall–Kier alpha value is -2.38. The van der Waals surface area contributed by atoms with Crippen molar-refractivity contribution < 1.29 is 17.9 Å². The summed E-state index contributed by atoms with van der Waals surface area (Å²) in [6.45, 7) is 8.10. The summed E-state index contributed by atoms with van der Waals surface area (Å²) in [4.78, 5) is 12.7. The van der Waals surface area contributed by atoms with Crippen LogP contribution in [0.1, 0.15) is 35.3 Å². The van der Waals surface area contributed by atoms with Crippen LogP contribution in [0, 0.1) is 13.8 Å². The molecule has 2 aromatic carbocycles. The summed E-state index contributed by atoms with van der Waals surface area (Å²) >= 11 is 0. The van der Waals surface area contributed by atoms with Crippen molar-refractivity contribution in [3.63, 3.8) is 0 Å². The van der Waals surface area contributed by atoms with E-state index in [1.54, 1.807) is 19.9 Å². The lowest BCUT2D eigenvalue weighted by Crippen LogP contribution is -2.31. The maximum atomic E-state index is 12.9. The van der Waals surface area contributed by atoms with Gasteiger partial charge in [0.1, 0.15) is 10.6 Å². The molecule has 27 heavy (non-hydrogen) atoms. The van der Waals surface area contributed by atoms with Crippen LogP contribution in [0.15, 0.2) is 41.3 Å². The Morgan fingerprint density at radius 2 is 1.78 bits per heavy atom. The predicted octanol–water partition coefficient (Wildman–Crippen LogP) is 3.59. The second-order valence-electron chi connectivity index (χ2n) is 6.16. The van der Waals surface area contributed by atoms with Gasteiger partial charge in [0.2, 0.25) is 10.0 Å². The van der Waals surface area contributed by atoms with Gasteiger partial charge < -0.3 is 10.1 Å². The quantitative estimate of drug-likeness (QED) is 0.784. The lowest BCUT2D eigenvalue weighted by molar-refractivity contribution is 0.102. The highest BCUT2D eigenvalue weighted by Gasteiger charge is 2.26. The first-order valence-corrected chi connectivity index (χ1v) is 10.3. The fourth-order valence-corrected chi connectivity index (χ4v) is 4.44. The number of amides is 1. The molecule has 2 aromatic rings. The van der Waals surface area contributed by atoms with Crippen LogP contribution >= 0.6 is 0 Å². The minimum atomic E-state index is -3.76. The first kappa shape index (κ1) is 20.9. The van der Waals surface area contributed by atoms with Gasteiger partial charge in [-0.1, -0.05) is 26.0 Å². The summed E-state index contributed by atoms with van der Waals surface area (Å²) in [5.74, 6) is -0.160. The highest BCUT2D eigenvalue weighted by atomic mass is 32.2. The Kier molecular flexibility index (Phi) is 6.62. The van der Waals surface area contributed by atoms with Crippen LogP contribution in [-0.2, 0) is 10.0 Å². The standard InChI is InChI=1S/C20H26N2O4S/c1-6-22(7-2)27(24,25)19-13-16(11-12-18(19)26-5)20(23)21-17-10-8-9-14(3)15(17)4/h8-13H,6-7H2,1-5H3,(H,21,23). The number of carbonyl (C=O) groups is 1. The zero-order chi connectivity index (χ0) is 20.2. The first-order chi connectivity index (χ1) is 12.8. The van der Waals surface area contributed by atoms with Crippen LogP contribution in [0.4, 0.5) is 5.69 Å². The van der Waals surface area contributed by atoms with E-state index in [1.165, 1.54) is 23.5 Å². The van der Waals surface area contributed by atoms with E-state index in [0.29, 0.717) is 18.8 Å². The minimum Gasteiger partial charge on any atom is -0.495 e. The molecule has 0 saturated heterocycles. The summed E-state index contributed by atoms with van der Waals surface area (Å²) in [6.07, 6.45) is 0. The SMILES string of the molecule is CCN(CC)S(=O)(=O)c1cc(C(=O)Nc2cccc(C)c2C)ccc1OC. The van der Waals surface area contributed by atoms with Crippen molar-refractivity contribution in [1.29, 1.82) is 0 Å². The summed E-state index contributed by atoms with van der Waals surface area (Å²) in [6, 6.07) is 10.1. The molecule has 0 heterocycles. The van der Waals surface area contributed by atoms with Gasteiger partial charge in [-0.15, -0.1) is 0 Å². The number of benzene rings is 2. The van der Waals surface area contributed by atoms with Crippen molar-refractivity contribution in [2.75, 3.05) is 25.5 Å². The van der Waals surface area contributed by atoms with Crippen molar-refractivity contribution >= 4 is 21.6 Å². The van der Waals surface area contributed by atoms with Gasteiger partial charge in [0.25, 0.3) is 5.91 Å². The monoisotopic (exact) mass is 390 g/mol. The number of methoxy groups -OCH3 is 1. The number of rotatable bonds is 7. The average Bonchev–Trinajstić information content (AvgIpc) is 2.65. The number of hydrogen-bond donors (Lipinski definition) is 1. The maximum absolute atomic E-state index is 12.9. The maximum Gasteiger partial charge on any atom is 0.255 e. The number of nitrogens with one attached hydrogen (secondary N) is 1. The smallest absolute Gasteiger partial charge is 0.255 e. The Labute approximate surface area is 161 Å². The van der Waals surface area contributed by atoms with Gasteiger partial charge in [-0.05, 0) is 49.2 Å². The van der Waals surface area contributed by atoms with Crippen molar-refractivity contribution in [2.45, 2.75) is 32.6 Å².